The van der Waals surface area contributed by atoms with Gasteiger partial charge >= 0.3 is 0 Å². The lowest BCUT2D eigenvalue weighted by Crippen LogP contribution is -2.30. The molecule has 0 amide bonds. The zero-order chi connectivity index (χ0) is 16.0. The third-order valence-electron chi connectivity index (χ3n) is 4.18. The third-order valence-corrected chi connectivity index (χ3v) is 4.18. The Morgan fingerprint density at radius 2 is 2.04 bits per heavy atom. The molecule has 4 aromatic rings. The summed E-state index contributed by atoms with van der Waals surface area (Å²) in [6, 6.07) is 14.1. The molecule has 3 heterocycles. The van der Waals surface area contributed by atoms with Crippen molar-refractivity contribution in [1.82, 2.24) is 4.98 Å². The molecular formula is C19H14N3O+. The number of aryl methyl sites for hydroxylation is 2. The lowest BCUT2D eigenvalue weighted by atomic mass is 10.00. The van der Waals surface area contributed by atoms with Gasteiger partial charge in [0.2, 0.25) is 11.4 Å². The Balaban J connectivity index is 2.20. The zero-order valence-electron chi connectivity index (χ0n) is 12.9. The van der Waals surface area contributed by atoms with Crippen LogP contribution in [0.1, 0.15) is 11.1 Å². The number of aromatic nitrogens is 2. The predicted octanol–water partition coefficient (Wildman–Crippen LogP) is 3.65. The summed E-state index contributed by atoms with van der Waals surface area (Å²) in [5, 5.41) is 11.1. The maximum atomic E-state index is 9.37. The molecule has 1 aromatic carbocycles. The molecule has 0 bridgehead atoms. The number of hydrogen-bond acceptors (Lipinski definition) is 3. The average molecular weight is 300 g/mol. The van der Waals surface area contributed by atoms with Crippen LogP contribution in [0.25, 0.3) is 33.3 Å². The van der Waals surface area contributed by atoms with Crippen LogP contribution < -0.4 is 4.57 Å². The van der Waals surface area contributed by atoms with Crippen molar-refractivity contribution in [2.75, 3.05) is 0 Å². The van der Waals surface area contributed by atoms with Crippen molar-refractivity contribution in [3.63, 3.8) is 0 Å². The number of fused-ring (bicyclic) bond motifs is 3. The fraction of sp³-hybridized carbons (Fsp3) is 0.105. The molecule has 4 rings (SSSR count). The predicted molar refractivity (Wildman–Crippen MR) is 87.6 cm³/mol. The summed E-state index contributed by atoms with van der Waals surface area (Å²) in [4.78, 5) is 4.29. The second kappa shape index (κ2) is 4.92. The molecule has 0 fully saturated rings. The first-order valence-electron chi connectivity index (χ1n) is 7.36. The maximum absolute atomic E-state index is 9.37. The minimum atomic E-state index is 0.504. The highest BCUT2D eigenvalue weighted by Gasteiger charge is 2.21. The lowest BCUT2D eigenvalue weighted by Gasteiger charge is -2.04. The Morgan fingerprint density at radius 1 is 1.17 bits per heavy atom. The van der Waals surface area contributed by atoms with Gasteiger partial charge < -0.3 is 4.42 Å². The molecular weight excluding hydrogens is 286 g/mol. The van der Waals surface area contributed by atoms with Gasteiger partial charge in [-0.05, 0) is 24.6 Å². The Bertz CT molecular complexity index is 1100. The Morgan fingerprint density at radius 3 is 2.83 bits per heavy atom. The molecule has 0 aliphatic heterocycles. The first-order valence-corrected chi connectivity index (χ1v) is 7.36. The molecule has 4 heteroatoms. The lowest BCUT2D eigenvalue weighted by molar-refractivity contribution is -0.660. The molecule has 0 atom stereocenters. The molecule has 0 unspecified atom stereocenters. The molecule has 0 aliphatic rings. The van der Waals surface area contributed by atoms with Crippen LogP contribution in [-0.2, 0) is 7.05 Å². The minimum absolute atomic E-state index is 0.504. The molecule has 0 aliphatic carbocycles. The highest BCUT2D eigenvalue weighted by atomic mass is 16.3. The Kier molecular flexibility index (Phi) is 2.88. The van der Waals surface area contributed by atoms with Crippen LogP contribution in [0, 0.1) is 18.3 Å². The average Bonchev–Trinajstić information content (AvgIpc) is 2.94. The normalized spacial score (nSPS) is 11.0. The summed E-state index contributed by atoms with van der Waals surface area (Å²) in [6.07, 6.45) is 3.62. The van der Waals surface area contributed by atoms with E-state index in [-0.39, 0.29) is 0 Å². The second-order valence-electron chi connectivity index (χ2n) is 5.58. The zero-order valence-corrected chi connectivity index (χ0v) is 12.9. The Hall–Kier alpha value is -3.19. The van der Waals surface area contributed by atoms with E-state index in [1.54, 1.807) is 12.3 Å². The van der Waals surface area contributed by atoms with E-state index in [9.17, 15) is 5.26 Å². The standard InChI is InChI=1S/C19H14N3O/c1-12-6-7-14-17-13(11-20)8-9-21-19(17)23-18(14)16(12)15-5-3-4-10-22(15)2/h3-10H,1-2H3/q+1. The van der Waals surface area contributed by atoms with Gasteiger partial charge in [0.05, 0.1) is 16.5 Å². The van der Waals surface area contributed by atoms with Crippen LogP contribution in [0.5, 0.6) is 0 Å². The number of pyridine rings is 2. The van der Waals surface area contributed by atoms with Crippen molar-refractivity contribution in [3.8, 4) is 17.3 Å². The molecule has 0 radical (unpaired) electrons. The SMILES string of the molecule is Cc1ccc2c(oc3nccc(C#N)c32)c1-c1cccc[n+]1C. The molecule has 4 nitrogen and oxygen atoms in total. The van der Waals surface area contributed by atoms with Crippen molar-refractivity contribution >= 4 is 22.1 Å². The largest absolute Gasteiger partial charge is 0.437 e. The summed E-state index contributed by atoms with van der Waals surface area (Å²) in [5.74, 6) is 0. The van der Waals surface area contributed by atoms with Crippen LogP contribution in [0.3, 0.4) is 0 Å². The van der Waals surface area contributed by atoms with Crippen LogP contribution in [0.2, 0.25) is 0 Å². The molecule has 23 heavy (non-hydrogen) atoms. The number of nitriles is 1. The van der Waals surface area contributed by atoms with E-state index >= 15 is 0 Å². The summed E-state index contributed by atoms with van der Waals surface area (Å²) < 4.78 is 8.10. The summed E-state index contributed by atoms with van der Waals surface area (Å²) >= 11 is 0. The van der Waals surface area contributed by atoms with Crippen LogP contribution in [0.15, 0.2) is 53.2 Å². The van der Waals surface area contributed by atoms with Crippen molar-refractivity contribution in [1.29, 1.82) is 5.26 Å². The summed E-state index contributed by atoms with van der Waals surface area (Å²) in [5.41, 5.74) is 5.08. The van der Waals surface area contributed by atoms with E-state index in [1.807, 2.05) is 31.4 Å². The first kappa shape index (κ1) is 13.5. The van der Waals surface area contributed by atoms with Gasteiger partial charge in [0.15, 0.2) is 11.8 Å². The number of benzene rings is 1. The van der Waals surface area contributed by atoms with E-state index in [2.05, 4.69) is 34.7 Å². The van der Waals surface area contributed by atoms with Crippen LogP contribution >= 0.6 is 0 Å². The second-order valence-corrected chi connectivity index (χ2v) is 5.58. The minimum Gasteiger partial charge on any atom is -0.437 e. The number of rotatable bonds is 1. The number of nitrogens with zero attached hydrogens (tertiary/aromatic N) is 3. The van der Waals surface area contributed by atoms with Crippen LogP contribution in [-0.4, -0.2) is 4.98 Å². The van der Waals surface area contributed by atoms with Gasteiger partial charge in [-0.3, -0.25) is 0 Å². The van der Waals surface area contributed by atoms with Crippen molar-refractivity contribution < 1.29 is 8.98 Å². The van der Waals surface area contributed by atoms with E-state index in [4.69, 9.17) is 4.42 Å². The fourth-order valence-corrected chi connectivity index (χ4v) is 3.06. The summed E-state index contributed by atoms with van der Waals surface area (Å²) in [7, 11) is 2.01. The topological polar surface area (TPSA) is 53.7 Å². The van der Waals surface area contributed by atoms with E-state index in [0.717, 1.165) is 33.2 Å². The highest BCUT2D eigenvalue weighted by Crippen LogP contribution is 2.37. The number of hydrogen-bond donors (Lipinski definition) is 0. The monoisotopic (exact) mass is 300 g/mol. The van der Waals surface area contributed by atoms with Gasteiger partial charge in [0, 0.05) is 23.7 Å². The van der Waals surface area contributed by atoms with E-state index in [0.29, 0.717) is 11.3 Å². The van der Waals surface area contributed by atoms with E-state index in [1.165, 1.54) is 0 Å². The highest BCUT2D eigenvalue weighted by molar-refractivity contribution is 6.10. The van der Waals surface area contributed by atoms with Gasteiger partial charge in [-0.15, -0.1) is 0 Å². The molecule has 0 N–H and O–H groups in total. The Labute approximate surface area is 133 Å². The molecule has 110 valence electrons. The smallest absolute Gasteiger partial charge is 0.228 e. The van der Waals surface area contributed by atoms with Gasteiger partial charge in [-0.1, -0.05) is 12.1 Å². The maximum Gasteiger partial charge on any atom is 0.228 e. The van der Waals surface area contributed by atoms with Gasteiger partial charge in [-0.25, -0.2) is 9.55 Å². The van der Waals surface area contributed by atoms with Crippen molar-refractivity contribution in [2.24, 2.45) is 7.05 Å². The van der Waals surface area contributed by atoms with Gasteiger partial charge in [0.25, 0.3) is 0 Å². The van der Waals surface area contributed by atoms with Gasteiger partial charge in [-0.2, -0.15) is 5.26 Å². The molecule has 0 saturated heterocycles. The molecule has 0 saturated carbocycles. The number of furan rings is 1. The van der Waals surface area contributed by atoms with Crippen molar-refractivity contribution in [2.45, 2.75) is 6.92 Å². The first-order chi connectivity index (χ1) is 11.2. The van der Waals surface area contributed by atoms with Gasteiger partial charge in [0.1, 0.15) is 13.1 Å². The van der Waals surface area contributed by atoms with Crippen molar-refractivity contribution in [3.05, 3.63) is 59.9 Å². The summed E-state index contributed by atoms with van der Waals surface area (Å²) in [6.45, 7) is 2.06. The van der Waals surface area contributed by atoms with Crippen LogP contribution in [0.4, 0.5) is 0 Å². The quantitative estimate of drug-likeness (QED) is 0.504. The fourth-order valence-electron chi connectivity index (χ4n) is 3.06. The third kappa shape index (κ3) is 1.91. The molecule has 3 aromatic heterocycles. The van der Waals surface area contributed by atoms with E-state index < -0.39 is 0 Å². The molecule has 0 spiro atoms.